The molecule has 6 heteroatoms. The maximum atomic E-state index is 12.9. The molecule has 1 aliphatic heterocycles. The van der Waals surface area contributed by atoms with Gasteiger partial charge in [0.1, 0.15) is 0 Å². The van der Waals surface area contributed by atoms with Crippen molar-refractivity contribution < 1.29 is 4.79 Å². The predicted octanol–water partition coefficient (Wildman–Crippen LogP) is 3.63. The van der Waals surface area contributed by atoms with E-state index in [-0.39, 0.29) is 24.0 Å². The summed E-state index contributed by atoms with van der Waals surface area (Å²) in [4.78, 5) is 27.2. The standard InChI is InChI=1S/C21H21N3O2.ClH/c1-16(25)23-19-9-5-6-10-20(19)24(21(23)26)18-11-13-22(14-12-18)15-17-7-3-2-4-8-17;/h2-11H,12-15H2,1H3;1H. The molecule has 0 radical (unpaired) electrons. The second kappa shape index (κ2) is 7.94. The highest BCUT2D eigenvalue weighted by Crippen LogP contribution is 2.22. The summed E-state index contributed by atoms with van der Waals surface area (Å²) in [5, 5.41) is 0. The van der Waals surface area contributed by atoms with Gasteiger partial charge in [0.25, 0.3) is 0 Å². The van der Waals surface area contributed by atoms with Gasteiger partial charge in [0.05, 0.1) is 11.0 Å². The van der Waals surface area contributed by atoms with Crippen molar-refractivity contribution >= 4 is 35.0 Å². The van der Waals surface area contributed by atoms with E-state index < -0.39 is 0 Å². The number of halogens is 1. The molecule has 0 saturated carbocycles. The second-order valence-electron chi connectivity index (χ2n) is 6.63. The Hall–Kier alpha value is -2.63. The molecule has 0 N–H and O–H groups in total. The lowest BCUT2D eigenvalue weighted by Gasteiger charge is -2.26. The van der Waals surface area contributed by atoms with Crippen LogP contribution in [0, 0.1) is 0 Å². The van der Waals surface area contributed by atoms with E-state index in [2.05, 4.69) is 35.2 Å². The van der Waals surface area contributed by atoms with E-state index in [1.807, 2.05) is 30.3 Å². The van der Waals surface area contributed by atoms with Gasteiger partial charge in [-0.1, -0.05) is 48.5 Å². The molecule has 5 nitrogen and oxygen atoms in total. The number of aromatic nitrogens is 2. The van der Waals surface area contributed by atoms with Gasteiger partial charge in [-0.25, -0.2) is 9.36 Å². The number of imidazole rings is 1. The first-order chi connectivity index (χ1) is 12.6. The van der Waals surface area contributed by atoms with Crippen LogP contribution in [0.15, 0.2) is 65.5 Å². The van der Waals surface area contributed by atoms with E-state index in [0.717, 1.165) is 37.3 Å². The molecular formula is C21H22ClN3O2. The number of hydrogen-bond donors (Lipinski definition) is 0. The number of fused-ring (bicyclic) bond motifs is 1. The quantitative estimate of drug-likeness (QED) is 0.693. The van der Waals surface area contributed by atoms with Crippen LogP contribution < -0.4 is 5.69 Å². The molecule has 0 fully saturated rings. The van der Waals surface area contributed by atoms with Gasteiger partial charge in [-0.3, -0.25) is 14.3 Å². The minimum absolute atomic E-state index is 0. The molecule has 0 amide bonds. The lowest BCUT2D eigenvalue weighted by Crippen LogP contribution is -2.32. The molecule has 2 heterocycles. The first-order valence-electron chi connectivity index (χ1n) is 8.84. The summed E-state index contributed by atoms with van der Waals surface area (Å²) in [7, 11) is 0. The summed E-state index contributed by atoms with van der Waals surface area (Å²) in [6.45, 7) is 3.99. The lowest BCUT2D eigenvalue weighted by atomic mass is 10.1. The van der Waals surface area contributed by atoms with Crippen LogP contribution in [0.1, 0.15) is 23.7 Å². The summed E-state index contributed by atoms with van der Waals surface area (Å²) in [6, 6.07) is 17.8. The smallest absolute Gasteiger partial charge is 0.295 e. The van der Waals surface area contributed by atoms with Crippen molar-refractivity contribution in [2.75, 3.05) is 13.1 Å². The minimum Gasteiger partial charge on any atom is -0.295 e. The monoisotopic (exact) mass is 383 g/mol. The summed E-state index contributed by atoms with van der Waals surface area (Å²) < 4.78 is 2.95. The molecule has 0 spiro atoms. The van der Waals surface area contributed by atoms with E-state index in [9.17, 15) is 9.59 Å². The Kier molecular flexibility index (Phi) is 5.63. The molecule has 0 saturated heterocycles. The normalized spacial score (nSPS) is 14.6. The third-order valence-electron chi connectivity index (χ3n) is 4.87. The van der Waals surface area contributed by atoms with Crippen molar-refractivity contribution in [3.8, 4) is 0 Å². The van der Waals surface area contributed by atoms with Crippen molar-refractivity contribution in [3.63, 3.8) is 0 Å². The molecule has 3 aromatic rings. The Morgan fingerprint density at radius 1 is 1.00 bits per heavy atom. The molecule has 0 unspecified atom stereocenters. The summed E-state index contributed by atoms with van der Waals surface area (Å²) in [5.41, 5.74) is 3.43. The number of rotatable bonds is 3. The molecule has 4 rings (SSSR count). The molecular weight excluding hydrogens is 362 g/mol. The third-order valence-corrected chi connectivity index (χ3v) is 4.87. The van der Waals surface area contributed by atoms with Crippen molar-refractivity contribution in [2.24, 2.45) is 0 Å². The Labute approximate surface area is 163 Å². The van der Waals surface area contributed by atoms with Gasteiger partial charge in [0.2, 0.25) is 5.91 Å². The number of nitrogens with zero attached hydrogens (tertiary/aromatic N) is 3. The topological polar surface area (TPSA) is 47.2 Å². The third kappa shape index (κ3) is 3.61. The number of carbonyl (C=O) groups excluding carboxylic acids is 1. The van der Waals surface area contributed by atoms with Crippen LogP contribution >= 0.6 is 12.4 Å². The SMILES string of the molecule is CC(=O)n1c(=O)n(C2=CCN(Cc3ccccc3)CC2)c2ccccc21.Cl. The molecule has 27 heavy (non-hydrogen) atoms. The summed E-state index contributed by atoms with van der Waals surface area (Å²) >= 11 is 0. The number of para-hydroxylation sites is 2. The summed E-state index contributed by atoms with van der Waals surface area (Å²) in [6.07, 6.45) is 2.88. The number of benzene rings is 2. The van der Waals surface area contributed by atoms with E-state index in [1.165, 1.54) is 17.1 Å². The van der Waals surface area contributed by atoms with Gasteiger partial charge in [-0.15, -0.1) is 12.4 Å². The highest BCUT2D eigenvalue weighted by Gasteiger charge is 2.20. The molecule has 1 aromatic heterocycles. The van der Waals surface area contributed by atoms with E-state index in [4.69, 9.17) is 0 Å². The van der Waals surface area contributed by atoms with Crippen molar-refractivity contribution in [1.82, 2.24) is 14.0 Å². The van der Waals surface area contributed by atoms with Gasteiger partial charge in [-0.05, 0) is 17.7 Å². The van der Waals surface area contributed by atoms with Crippen molar-refractivity contribution in [3.05, 3.63) is 76.7 Å². The molecule has 140 valence electrons. The average molecular weight is 384 g/mol. The Morgan fingerprint density at radius 3 is 2.30 bits per heavy atom. The van der Waals surface area contributed by atoms with Gasteiger partial charge in [0.15, 0.2) is 0 Å². The average Bonchev–Trinajstić information content (AvgIpc) is 2.95. The Morgan fingerprint density at radius 2 is 1.67 bits per heavy atom. The van der Waals surface area contributed by atoms with Crippen LogP contribution in [-0.2, 0) is 6.54 Å². The zero-order chi connectivity index (χ0) is 18.1. The maximum Gasteiger partial charge on any atom is 0.340 e. The van der Waals surface area contributed by atoms with Crippen LogP contribution in [0.25, 0.3) is 16.7 Å². The van der Waals surface area contributed by atoms with Gasteiger partial charge >= 0.3 is 5.69 Å². The predicted molar refractivity (Wildman–Crippen MR) is 110 cm³/mol. The van der Waals surface area contributed by atoms with Gasteiger partial charge in [0, 0.05) is 38.7 Å². The fourth-order valence-electron chi connectivity index (χ4n) is 3.62. The fourth-order valence-corrected chi connectivity index (χ4v) is 3.62. The Balaban J connectivity index is 0.00000210. The van der Waals surface area contributed by atoms with Crippen molar-refractivity contribution in [2.45, 2.75) is 19.9 Å². The zero-order valence-corrected chi connectivity index (χ0v) is 16.0. The van der Waals surface area contributed by atoms with Gasteiger partial charge in [-0.2, -0.15) is 0 Å². The highest BCUT2D eigenvalue weighted by molar-refractivity contribution is 5.90. The minimum atomic E-state index is -0.276. The van der Waals surface area contributed by atoms with Gasteiger partial charge < -0.3 is 0 Å². The number of carbonyl (C=O) groups is 1. The molecule has 2 aromatic carbocycles. The number of hydrogen-bond acceptors (Lipinski definition) is 3. The summed E-state index contributed by atoms with van der Waals surface area (Å²) in [5.74, 6) is -0.257. The molecule has 0 atom stereocenters. The lowest BCUT2D eigenvalue weighted by molar-refractivity contribution is 0.0937. The van der Waals surface area contributed by atoms with E-state index in [1.54, 1.807) is 4.57 Å². The van der Waals surface area contributed by atoms with Crippen LogP contribution in [-0.4, -0.2) is 33.0 Å². The first kappa shape index (κ1) is 19.1. The first-order valence-corrected chi connectivity index (χ1v) is 8.84. The second-order valence-corrected chi connectivity index (χ2v) is 6.63. The van der Waals surface area contributed by atoms with E-state index in [0.29, 0.717) is 5.52 Å². The van der Waals surface area contributed by atoms with Crippen LogP contribution in [0.5, 0.6) is 0 Å². The maximum absolute atomic E-state index is 12.9. The molecule has 0 aliphatic carbocycles. The molecule has 0 bridgehead atoms. The van der Waals surface area contributed by atoms with Crippen LogP contribution in [0.3, 0.4) is 0 Å². The van der Waals surface area contributed by atoms with E-state index >= 15 is 0 Å². The highest BCUT2D eigenvalue weighted by atomic mass is 35.5. The van der Waals surface area contributed by atoms with Crippen molar-refractivity contribution in [1.29, 1.82) is 0 Å². The van der Waals surface area contributed by atoms with Crippen LogP contribution in [0.4, 0.5) is 0 Å². The Bertz CT molecular complexity index is 1050. The van der Waals surface area contributed by atoms with Crippen LogP contribution in [0.2, 0.25) is 0 Å². The largest absolute Gasteiger partial charge is 0.340 e. The fraction of sp³-hybridized carbons (Fsp3) is 0.238. The zero-order valence-electron chi connectivity index (χ0n) is 15.2. The molecule has 1 aliphatic rings.